The molecule has 2 heterocycles. The zero-order valence-electron chi connectivity index (χ0n) is 9.60. The zero-order chi connectivity index (χ0) is 12.5. The van der Waals surface area contributed by atoms with Crippen molar-refractivity contribution in [2.45, 2.75) is 12.8 Å². The fourth-order valence-corrected chi connectivity index (χ4v) is 3.13. The minimum Gasteiger partial charge on any atom is -0.297 e. The number of ketones is 1. The number of Topliss-reactive ketones (excluding diaryl/α,β-unsaturated/α-hetero) is 1. The Balaban J connectivity index is 1.89. The van der Waals surface area contributed by atoms with Gasteiger partial charge in [-0.15, -0.1) is 11.3 Å². The predicted octanol–water partition coefficient (Wildman–Crippen LogP) is 2.64. The molecule has 1 aliphatic heterocycles. The third kappa shape index (κ3) is 2.06. The molecule has 92 valence electrons. The number of aromatic nitrogens is 1. The average molecular weight is 262 g/mol. The van der Waals surface area contributed by atoms with Gasteiger partial charge in [0.05, 0.1) is 16.3 Å². The van der Waals surface area contributed by atoms with Gasteiger partial charge in [-0.05, 0) is 24.8 Å². The summed E-state index contributed by atoms with van der Waals surface area (Å²) in [5.74, 6) is -0.199. The number of fused-ring (bicyclic) bond motifs is 1. The number of hydrogen-bond acceptors (Lipinski definition) is 4. The van der Waals surface area contributed by atoms with E-state index >= 15 is 0 Å². The first-order valence-electron chi connectivity index (χ1n) is 5.79. The molecule has 0 bridgehead atoms. The number of hydrogen-bond donors (Lipinski definition) is 0. The van der Waals surface area contributed by atoms with Gasteiger partial charge >= 0.3 is 0 Å². The van der Waals surface area contributed by atoms with Crippen molar-refractivity contribution in [3.05, 3.63) is 29.0 Å². The Bertz CT molecular complexity index is 635. The summed E-state index contributed by atoms with van der Waals surface area (Å²) in [4.78, 5) is 19.9. The number of carbonyl (C=O) groups is 1. The van der Waals surface area contributed by atoms with Gasteiger partial charge in [-0.1, -0.05) is 6.07 Å². The zero-order valence-corrected chi connectivity index (χ0v) is 10.4. The summed E-state index contributed by atoms with van der Waals surface area (Å²) in [5, 5.41) is 0.823. The molecule has 1 aromatic carbocycles. The van der Waals surface area contributed by atoms with Gasteiger partial charge in [0.2, 0.25) is 0 Å². The minimum absolute atomic E-state index is 0.0499. The van der Waals surface area contributed by atoms with E-state index in [0.29, 0.717) is 18.4 Å². The van der Waals surface area contributed by atoms with Crippen molar-refractivity contribution in [3.63, 3.8) is 0 Å². The first-order chi connectivity index (χ1) is 8.74. The van der Waals surface area contributed by atoms with Crippen LogP contribution < -0.4 is 0 Å². The molecule has 3 nitrogen and oxygen atoms in total. The van der Waals surface area contributed by atoms with Crippen molar-refractivity contribution in [1.29, 1.82) is 0 Å². The van der Waals surface area contributed by atoms with Gasteiger partial charge in [0, 0.05) is 12.3 Å². The number of nitrogens with zero attached hydrogens (tertiary/aromatic N) is 2. The van der Waals surface area contributed by atoms with E-state index in [-0.39, 0.29) is 24.1 Å². The smallest absolute Gasteiger partial charge is 0.158 e. The van der Waals surface area contributed by atoms with Crippen LogP contribution in [0.1, 0.15) is 11.4 Å². The number of thiazole rings is 1. The normalized spacial score (nSPS) is 19.6. The second-order valence-corrected chi connectivity index (χ2v) is 5.44. The molecule has 1 aromatic heterocycles. The van der Waals surface area contributed by atoms with E-state index in [1.54, 1.807) is 12.3 Å². The highest BCUT2D eigenvalue weighted by Crippen LogP contribution is 2.27. The van der Waals surface area contributed by atoms with Crippen molar-refractivity contribution in [3.8, 4) is 0 Å². The van der Waals surface area contributed by atoms with Gasteiger partial charge in [0.15, 0.2) is 5.78 Å². The van der Waals surface area contributed by atoms with Gasteiger partial charge in [-0.2, -0.15) is 0 Å². The third-order valence-electron chi connectivity index (χ3n) is 3.06. The molecule has 3 rings (SSSR count). The summed E-state index contributed by atoms with van der Waals surface area (Å²) in [6, 6.07) is 4.94. The fourth-order valence-electron chi connectivity index (χ4n) is 2.07. The second-order valence-electron chi connectivity index (χ2n) is 4.32. The molecule has 0 N–H and O–H groups in total. The average Bonchev–Trinajstić information content (AvgIpc) is 2.76. The van der Waals surface area contributed by atoms with Crippen molar-refractivity contribution in [1.82, 2.24) is 4.98 Å². The van der Waals surface area contributed by atoms with E-state index in [9.17, 15) is 9.18 Å². The maximum atomic E-state index is 13.5. The predicted molar refractivity (Wildman–Crippen MR) is 69.8 cm³/mol. The Morgan fingerprint density at radius 2 is 2.33 bits per heavy atom. The number of aliphatic imine (C=N–C) groups is 1. The SMILES string of the molecule is O=C1CN=CCC1Cc1nc2c(F)cccc2s1. The van der Waals surface area contributed by atoms with Crippen LogP contribution in [0.3, 0.4) is 0 Å². The van der Waals surface area contributed by atoms with Crippen LogP contribution in [0.5, 0.6) is 0 Å². The first-order valence-corrected chi connectivity index (χ1v) is 6.60. The Morgan fingerprint density at radius 3 is 3.11 bits per heavy atom. The fraction of sp³-hybridized carbons (Fsp3) is 0.308. The molecule has 0 spiro atoms. The number of carbonyl (C=O) groups excluding carboxylic acids is 1. The molecule has 0 amide bonds. The molecule has 0 saturated heterocycles. The van der Waals surface area contributed by atoms with E-state index in [1.165, 1.54) is 17.4 Å². The van der Waals surface area contributed by atoms with Gasteiger partial charge in [-0.3, -0.25) is 9.79 Å². The molecule has 2 aromatic rings. The molecule has 0 aliphatic carbocycles. The maximum absolute atomic E-state index is 13.5. The summed E-state index contributed by atoms with van der Waals surface area (Å²) in [6.07, 6.45) is 3.04. The first kappa shape index (κ1) is 11.5. The molecule has 1 unspecified atom stereocenters. The highest BCUT2D eigenvalue weighted by molar-refractivity contribution is 7.18. The Labute approximate surface area is 107 Å². The lowest BCUT2D eigenvalue weighted by molar-refractivity contribution is -0.121. The number of benzene rings is 1. The molecule has 18 heavy (non-hydrogen) atoms. The largest absolute Gasteiger partial charge is 0.297 e. The maximum Gasteiger partial charge on any atom is 0.158 e. The standard InChI is InChI=1S/C13H11FN2OS/c14-9-2-1-3-11-13(9)16-12(18-11)6-8-4-5-15-7-10(8)17/h1-3,5,8H,4,6-7H2. The molecule has 5 heteroatoms. The topological polar surface area (TPSA) is 42.3 Å². The van der Waals surface area contributed by atoms with Crippen molar-refractivity contribution < 1.29 is 9.18 Å². The van der Waals surface area contributed by atoms with E-state index < -0.39 is 0 Å². The monoisotopic (exact) mass is 262 g/mol. The molecule has 0 fully saturated rings. The minimum atomic E-state index is -0.300. The quantitative estimate of drug-likeness (QED) is 0.835. The van der Waals surface area contributed by atoms with Crippen LogP contribution in [-0.2, 0) is 11.2 Å². The van der Waals surface area contributed by atoms with E-state index in [4.69, 9.17) is 0 Å². The Morgan fingerprint density at radius 1 is 1.44 bits per heavy atom. The summed E-state index contributed by atoms with van der Waals surface area (Å²) >= 11 is 1.46. The van der Waals surface area contributed by atoms with Gasteiger partial charge < -0.3 is 0 Å². The molecule has 1 atom stereocenters. The highest BCUT2D eigenvalue weighted by Gasteiger charge is 2.22. The molecule has 1 aliphatic rings. The van der Waals surface area contributed by atoms with Crippen LogP contribution in [0, 0.1) is 11.7 Å². The molecular formula is C13H11FN2OS. The lowest BCUT2D eigenvalue weighted by Gasteiger charge is -2.13. The van der Waals surface area contributed by atoms with Gasteiger partial charge in [-0.25, -0.2) is 9.37 Å². The summed E-state index contributed by atoms with van der Waals surface area (Å²) < 4.78 is 14.3. The van der Waals surface area contributed by atoms with Gasteiger partial charge in [0.1, 0.15) is 11.3 Å². The van der Waals surface area contributed by atoms with Crippen LogP contribution >= 0.6 is 11.3 Å². The number of para-hydroxylation sites is 1. The van der Waals surface area contributed by atoms with Crippen LogP contribution in [0.15, 0.2) is 23.2 Å². The Kier molecular flexibility index (Phi) is 2.91. The van der Waals surface area contributed by atoms with Crippen LogP contribution in [0.2, 0.25) is 0 Å². The second kappa shape index (κ2) is 4.57. The lowest BCUT2D eigenvalue weighted by Crippen LogP contribution is -2.23. The summed E-state index contributed by atoms with van der Waals surface area (Å²) in [6.45, 7) is 0.268. The highest BCUT2D eigenvalue weighted by atomic mass is 32.1. The molecule has 0 radical (unpaired) electrons. The lowest BCUT2D eigenvalue weighted by atomic mass is 9.95. The summed E-state index contributed by atoms with van der Waals surface area (Å²) in [7, 11) is 0. The van der Waals surface area contributed by atoms with E-state index in [1.807, 2.05) is 6.07 Å². The number of halogens is 1. The van der Waals surface area contributed by atoms with Crippen molar-refractivity contribution in [2.24, 2.45) is 10.9 Å². The van der Waals surface area contributed by atoms with E-state index in [2.05, 4.69) is 9.98 Å². The summed E-state index contributed by atoms with van der Waals surface area (Å²) in [5.41, 5.74) is 0.412. The third-order valence-corrected chi connectivity index (χ3v) is 4.10. The van der Waals surface area contributed by atoms with Crippen LogP contribution in [0.25, 0.3) is 10.2 Å². The van der Waals surface area contributed by atoms with Crippen molar-refractivity contribution >= 4 is 33.6 Å². The van der Waals surface area contributed by atoms with Crippen LogP contribution in [-0.4, -0.2) is 23.5 Å². The number of rotatable bonds is 2. The van der Waals surface area contributed by atoms with Gasteiger partial charge in [0.25, 0.3) is 0 Å². The Hall–Kier alpha value is -1.62. The van der Waals surface area contributed by atoms with Crippen LogP contribution in [0.4, 0.5) is 4.39 Å². The van der Waals surface area contributed by atoms with Crippen molar-refractivity contribution in [2.75, 3.05) is 6.54 Å². The molecular weight excluding hydrogens is 251 g/mol. The van der Waals surface area contributed by atoms with E-state index in [0.717, 1.165) is 9.71 Å². The molecule has 0 saturated carbocycles.